The van der Waals surface area contributed by atoms with Crippen molar-refractivity contribution in [1.82, 2.24) is 15.5 Å². The van der Waals surface area contributed by atoms with Crippen LogP contribution >= 0.6 is 0 Å². The maximum Gasteiger partial charge on any atom is 0.370 e. The number of ether oxygens (including phenoxy) is 1. The van der Waals surface area contributed by atoms with Crippen molar-refractivity contribution < 1.29 is 24.0 Å². The van der Waals surface area contributed by atoms with Gasteiger partial charge in [-0.05, 0) is 11.6 Å². The highest BCUT2D eigenvalue weighted by atomic mass is 16.5. The SMILES string of the molecule is CC(=O)N[C@@H]1[C@@H](N)C=C(C(=O)O)O[C@H]1c1nc(Cc2ccccc2)no1. The first kappa shape index (κ1) is 17.6. The van der Waals surface area contributed by atoms with Gasteiger partial charge in [0.25, 0.3) is 5.89 Å². The van der Waals surface area contributed by atoms with Gasteiger partial charge in [0.1, 0.15) is 0 Å². The van der Waals surface area contributed by atoms with Gasteiger partial charge >= 0.3 is 5.97 Å². The summed E-state index contributed by atoms with van der Waals surface area (Å²) >= 11 is 0. The molecular formula is C17H18N4O5. The number of benzene rings is 1. The Labute approximate surface area is 148 Å². The van der Waals surface area contributed by atoms with Crippen LogP contribution in [0.1, 0.15) is 30.3 Å². The molecule has 0 fully saturated rings. The number of nitrogens with two attached hydrogens (primary N) is 1. The Hall–Kier alpha value is -3.20. The van der Waals surface area contributed by atoms with E-state index in [9.17, 15) is 14.7 Å². The largest absolute Gasteiger partial charge is 0.475 e. The Bertz CT molecular complexity index is 833. The molecule has 0 radical (unpaired) electrons. The quantitative estimate of drug-likeness (QED) is 0.703. The Balaban J connectivity index is 1.86. The lowest BCUT2D eigenvalue weighted by Crippen LogP contribution is -2.52. The average molecular weight is 358 g/mol. The predicted octanol–water partition coefficient (Wildman–Crippen LogP) is 0.532. The second-order valence-corrected chi connectivity index (χ2v) is 5.89. The van der Waals surface area contributed by atoms with E-state index in [1.807, 2.05) is 30.3 Å². The van der Waals surface area contributed by atoms with Crippen LogP contribution in [0.25, 0.3) is 0 Å². The first-order valence-electron chi connectivity index (χ1n) is 7.95. The third-order valence-corrected chi connectivity index (χ3v) is 3.85. The van der Waals surface area contributed by atoms with Gasteiger partial charge in [-0.15, -0.1) is 0 Å². The molecule has 1 aliphatic heterocycles. The topological polar surface area (TPSA) is 141 Å². The Morgan fingerprint density at radius 1 is 1.31 bits per heavy atom. The third kappa shape index (κ3) is 3.89. The van der Waals surface area contributed by atoms with E-state index in [2.05, 4.69) is 15.5 Å². The van der Waals surface area contributed by atoms with E-state index in [-0.39, 0.29) is 17.6 Å². The number of hydrogen-bond acceptors (Lipinski definition) is 7. The van der Waals surface area contributed by atoms with Crippen molar-refractivity contribution in [2.45, 2.75) is 31.5 Å². The van der Waals surface area contributed by atoms with Crippen molar-refractivity contribution in [3.05, 3.63) is 59.4 Å². The summed E-state index contributed by atoms with van der Waals surface area (Å²) in [4.78, 5) is 27.0. The number of carbonyl (C=O) groups excluding carboxylic acids is 1. The van der Waals surface area contributed by atoms with Crippen molar-refractivity contribution in [3.8, 4) is 0 Å². The zero-order valence-electron chi connectivity index (χ0n) is 14.0. The maximum absolute atomic E-state index is 11.5. The number of carboxylic acid groups (broad SMARTS) is 1. The van der Waals surface area contributed by atoms with Crippen molar-refractivity contribution >= 4 is 11.9 Å². The van der Waals surface area contributed by atoms with Gasteiger partial charge in [-0.3, -0.25) is 4.79 Å². The molecule has 0 saturated heterocycles. The normalized spacial score (nSPS) is 22.2. The van der Waals surface area contributed by atoms with Crippen molar-refractivity contribution in [1.29, 1.82) is 0 Å². The van der Waals surface area contributed by atoms with Crippen LogP contribution < -0.4 is 11.1 Å². The van der Waals surface area contributed by atoms with Crippen LogP contribution in [0, 0.1) is 0 Å². The number of hydrogen-bond donors (Lipinski definition) is 3. The minimum atomic E-state index is -1.27. The summed E-state index contributed by atoms with van der Waals surface area (Å²) in [6.07, 6.45) is 0.679. The summed E-state index contributed by atoms with van der Waals surface area (Å²) in [7, 11) is 0. The lowest BCUT2D eigenvalue weighted by molar-refractivity contribution is -0.139. The van der Waals surface area contributed by atoms with Crippen LogP contribution in [0.5, 0.6) is 0 Å². The van der Waals surface area contributed by atoms with E-state index in [0.717, 1.165) is 5.56 Å². The molecule has 9 nitrogen and oxygen atoms in total. The monoisotopic (exact) mass is 358 g/mol. The van der Waals surface area contributed by atoms with E-state index >= 15 is 0 Å². The molecule has 1 aromatic heterocycles. The smallest absolute Gasteiger partial charge is 0.370 e. The van der Waals surface area contributed by atoms with E-state index in [1.54, 1.807) is 0 Å². The van der Waals surface area contributed by atoms with Gasteiger partial charge in [-0.1, -0.05) is 35.5 Å². The number of nitrogens with one attached hydrogen (secondary N) is 1. The summed E-state index contributed by atoms with van der Waals surface area (Å²) in [5.41, 5.74) is 6.98. The number of amides is 1. The number of aromatic nitrogens is 2. The number of aliphatic carboxylic acids is 1. The Kier molecular flexibility index (Phi) is 4.99. The van der Waals surface area contributed by atoms with Crippen molar-refractivity contribution in [3.63, 3.8) is 0 Å². The molecule has 0 saturated carbocycles. The Morgan fingerprint density at radius 2 is 2.04 bits per heavy atom. The van der Waals surface area contributed by atoms with Gasteiger partial charge in [-0.25, -0.2) is 4.79 Å². The summed E-state index contributed by atoms with van der Waals surface area (Å²) in [5.74, 6) is -1.47. The van der Waals surface area contributed by atoms with Crippen LogP contribution in [0.3, 0.4) is 0 Å². The van der Waals surface area contributed by atoms with Crippen LogP contribution in [0.2, 0.25) is 0 Å². The lowest BCUT2D eigenvalue weighted by atomic mass is 9.98. The first-order chi connectivity index (χ1) is 12.4. The number of rotatable bonds is 5. The van der Waals surface area contributed by atoms with Gasteiger partial charge in [-0.2, -0.15) is 4.98 Å². The average Bonchev–Trinajstić information content (AvgIpc) is 3.05. The number of nitrogens with zero attached hydrogens (tertiary/aromatic N) is 2. The highest BCUT2D eigenvalue weighted by molar-refractivity contribution is 5.84. The lowest BCUT2D eigenvalue weighted by Gasteiger charge is -2.32. The molecule has 1 aliphatic rings. The molecule has 1 amide bonds. The van der Waals surface area contributed by atoms with Gasteiger partial charge in [0, 0.05) is 13.3 Å². The number of carbonyl (C=O) groups is 2. The molecule has 3 rings (SSSR count). The minimum absolute atomic E-state index is 0.0528. The van der Waals surface area contributed by atoms with Gasteiger partial charge in [0.05, 0.1) is 12.1 Å². The standard InChI is InChI=1S/C17H18N4O5/c1-9(22)19-14-11(18)8-12(17(23)24)25-15(14)16-20-13(21-26-16)7-10-5-3-2-4-6-10/h2-6,8,11,14-15H,7,18H2,1H3,(H,19,22)(H,23,24)/t11-,14+,15+/m0/s1. The minimum Gasteiger partial charge on any atom is -0.475 e. The molecule has 3 atom stereocenters. The Morgan fingerprint density at radius 3 is 2.69 bits per heavy atom. The fourth-order valence-corrected chi connectivity index (χ4v) is 2.70. The van der Waals surface area contributed by atoms with E-state index < -0.39 is 24.2 Å². The molecule has 136 valence electrons. The summed E-state index contributed by atoms with van der Waals surface area (Å²) in [5, 5.41) is 15.7. The number of carboxylic acids is 1. The molecule has 9 heteroatoms. The predicted molar refractivity (Wildman–Crippen MR) is 88.7 cm³/mol. The second-order valence-electron chi connectivity index (χ2n) is 5.89. The molecular weight excluding hydrogens is 340 g/mol. The molecule has 26 heavy (non-hydrogen) atoms. The fraction of sp³-hybridized carbons (Fsp3) is 0.294. The molecule has 2 heterocycles. The highest BCUT2D eigenvalue weighted by Gasteiger charge is 2.40. The molecule has 0 spiro atoms. The molecule has 0 unspecified atom stereocenters. The van der Waals surface area contributed by atoms with Gasteiger partial charge < -0.3 is 25.4 Å². The first-order valence-corrected chi connectivity index (χ1v) is 7.95. The van der Waals surface area contributed by atoms with Crippen LogP contribution in [0.15, 0.2) is 46.7 Å². The summed E-state index contributed by atoms with van der Waals surface area (Å²) in [6.45, 7) is 1.33. The van der Waals surface area contributed by atoms with E-state index in [4.69, 9.17) is 15.0 Å². The van der Waals surface area contributed by atoms with E-state index in [0.29, 0.717) is 12.2 Å². The summed E-state index contributed by atoms with van der Waals surface area (Å²) in [6, 6.07) is 8.03. The zero-order chi connectivity index (χ0) is 18.7. The molecule has 0 bridgehead atoms. The van der Waals surface area contributed by atoms with E-state index in [1.165, 1.54) is 13.0 Å². The maximum atomic E-state index is 11.5. The fourth-order valence-electron chi connectivity index (χ4n) is 2.70. The van der Waals surface area contributed by atoms with Crippen LogP contribution in [-0.2, 0) is 20.7 Å². The van der Waals surface area contributed by atoms with Crippen LogP contribution in [-0.4, -0.2) is 39.2 Å². The van der Waals surface area contributed by atoms with Crippen molar-refractivity contribution in [2.75, 3.05) is 0 Å². The molecule has 2 aromatic rings. The third-order valence-electron chi connectivity index (χ3n) is 3.85. The van der Waals surface area contributed by atoms with Gasteiger partial charge in [0.2, 0.25) is 11.7 Å². The molecule has 4 N–H and O–H groups in total. The second kappa shape index (κ2) is 7.36. The zero-order valence-corrected chi connectivity index (χ0v) is 14.0. The summed E-state index contributed by atoms with van der Waals surface area (Å²) < 4.78 is 10.7. The van der Waals surface area contributed by atoms with Crippen LogP contribution in [0.4, 0.5) is 0 Å². The van der Waals surface area contributed by atoms with Crippen molar-refractivity contribution in [2.24, 2.45) is 5.73 Å². The molecule has 1 aromatic carbocycles. The van der Waals surface area contributed by atoms with Gasteiger partial charge in [0.15, 0.2) is 11.9 Å². The highest BCUT2D eigenvalue weighted by Crippen LogP contribution is 2.29. The molecule has 0 aliphatic carbocycles.